The van der Waals surface area contributed by atoms with E-state index >= 15 is 0 Å². The van der Waals surface area contributed by atoms with Gasteiger partial charge in [0, 0.05) is 6.54 Å². The molecule has 4 heteroatoms. The minimum atomic E-state index is -0.0229. The molecule has 0 radical (unpaired) electrons. The lowest BCUT2D eigenvalue weighted by atomic mass is 10.1. The third-order valence-electron chi connectivity index (χ3n) is 3.29. The van der Waals surface area contributed by atoms with E-state index in [2.05, 4.69) is 10.6 Å². The van der Waals surface area contributed by atoms with Crippen LogP contribution in [-0.2, 0) is 0 Å². The standard InChI is InChI=1S/C13H20N2O2/c1-9-7-12(10(2)17-9)13(16)15-6-4-11-3-5-14-8-11/h7,11,14H,3-6,8H2,1-2H3,(H,15,16). The number of hydrogen-bond acceptors (Lipinski definition) is 3. The zero-order valence-corrected chi connectivity index (χ0v) is 10.5. The first-order chi connectivity index (χ1) is 8.16. The third-order valence-corrected chi connectivity index (χ3v) is 3.29. The summed E-state index contributed by atoms with van der Waals surface area (Å²) in [7, 11) is 0. The number of hydrogen-bond donors (Lipinski definition) is 2. The molecule has 1 unspecified atom stereocenters. The molecule has 1 aliphatic heterocycles. The van der Waals surface area contributed by atoms with E-state index < -0.39 is 0 Å². The van der Waals surface area contributed by atoms with E-state index in [-0.39, 0.29) is 5.91 Å². The maximum absolute atomic E-state index is 11.9. The monoisotopic (exact) mass is 236 g/mol. The van der Waals surface area contributed by atoms with Crippen LogP contribution in [0.15, 0.2) is 10.5 Å². The molecule has 1 atom stereocenters. The molecule has 0 bridgehead atoms. The van der Waals surface area contributed by atoms with Gasteiger partial charge in [0.2, 0.25) is 0 Å². The van der Waals surface area contributed by atoms with Gasteiger partial charge in [-0.1, -0.05) is 0 Å². The fraction of sp³-hybridized carbons (Fsp3) is 0.615. The Morgan fingerprint density at radius 1 is 1.59 bits per heavy atom. The summed E-state index contributed by atoms with van der Waals surface area (Å²) in [5, 5.41) is 6.28. The highest BCUT2D eigenvalue weighted by atomic mass is 16.3. The fourth-order valence-corrected chi connectivity index (χ4v) is 2.30. The second kappa shape index (κ2) is 5.36. The molecule has 1 saturated heterocycles. The molecule has 1 fully saturated rings. The van der Waals surface area contributed by atoms with Crippen LogP contribution in [0.25, 0.3) is 0 Å². The first-order valence-corrected chi connectivity index (χ1v) is 6.23. The van der Waals surface area contributed by atoms with E-state index in [0.29, 0.717) is 17.2 Å². The van der Waals surface area contributed by atoms with E-state index in [1.54, 1.807) is 6.07 Å². The minimum Gasteiger partial charge on any atom is -0.466 e. The molecule has 1 aromatic heterocycles. The Morgan fingerprint density at radius 3 is 3.00 bits per heavy atom. The van der Waals surface area contributed by atoms with Crippen molar-refractivity contribution in [2.45, 2.75) is 26.7 Å². The van der Waals surface area contributed by atoms with Crippen LogP contribution in [0.4, 0.5) is 0 Å². The second-order valence-electron chi connectivity index (χ2n) is 4.73. The molecule has 2 rings (SSSR count). The maximum Gasteiger partial charge on any atom is 0.254 e. The van der Waals surface area contributed by atoms with Crippen LogP contribution in [0.1, 0.15) is 34.7 Å². The quantitative estimate of drug-likeness (QED) is 0.835. The Balaban J connectivity index is 1.78. The highest BCUT2D eigenvalue weighted by Crippen LogP contribution is 2.14. The fourth-order valence-electron chi connectivity index (χ4n) is 2.30. The molecule has 2 heterocycles. The van der Waals surface area contributed by atoms with Crippen molar-refractivity contribution in [3.8, 4) is 0 Å². The summed E-state index contributed by atoms with van der Waals surface area (Å²) in [4.78, 5) is 11.9. The molecule has 4 nitrogen and oxygen atoms in total. The van der Waals surface area contributed by atoms with Gasteiger partial charge >= 0.3 is 0 Å². The molecule has 0 aliphatic carbocycles. The molecule has 1 amide bonds. The van der Waals surface area contributed by atoms with E-state index in [4.69, 9.17) is 4.42 Å². The van der Waals surface area contributed by atoms with Gasteiger partial charge in [0.25, 0.3) is 5.91 Å². The van der Waals surface area contributed by atoms with Crippen molar-refractivity contribution < 1.29 is 9.21 Å². The average molecular weight is 236 g/mol. The molecule has 2 N–H and O–H groups in total. The van der Waals surface area contributed by atoms with Crippen LogP contribution in [0, 0.1) is 19.8 Å². The van der Waals surface area contributed by atoms with E-state index in [1.165, 1.54) is 6.42 Å². The Bertz CT molecular complexity index is 392. The van der Waals surface area contributed by atoms with E-state index in [1.807, 2.05) is 13.8 Å². The van der Waals surface area contributed by atoms with Gasteiger partial charge in [-0.3, -0.25) is 4.79 Å². The van der Waals surface area contributed by atoms with Gasteiger partial charge in [0.05, 0.1) is 5.56 Å². The first kappa shape index (κ1) is 12.2. The van der Waals surface area contributed by atoms with Crippen LogP contribution < -0.4 is 10.6 Å². The first-order valence-electron chi connectivity index (χ1n) is 6.23. The zero-order chi connectivity index (χ0) is 12.3. The summed E-state index contributed by atoms with van der Waals surface area (Å²) < 4.78 is 5.34. The van der Waals surface area contributed by atoms with Crippen LogP contribution in [0.3, 0.4) is 0 Å². The Hall–Kier alpha value is -1.29. The van der Waals surface area contributed by atoms with Gasteiger partial charge in [-0.25, -0.2) is 0 Å². The van der Waals surface area contributed by atoms with Gasteiger partial charge < -0.3 is 15.1 Å². The van der Waals surface area contributed by atoms with Crippen LogP contribution in [-0.4, -0.2) is 25.5 Å². The van der Waals surface area contributed by atoms with Crippen molar-refractivity contribution in [2.24, 2.45) is 5.92 Å². The Labute approximate surface area is 102 Å². The molecular formula is C13H20N2O2. The van der Waals surface area contributed by atoms with Crippen LogP contribution in [0.5, 0.6) is 0 Å². The number of aryl methyl sites for hydroxylation is 2. The van der Waals surface area contributed by atoms with Crippen LogP contribution >= 0.6 is 0 Å². The molecule has 1 aliphatic rings. The average Bonchev–Trinajstić information content (AvgIpc) is 2.88. The van der Waals surface area contributed by atoms with Gasteiger partial charge in [0.15, 0.2) is 0 Å². The summed E-state index contributed by atoms with van der Waals surface area (Å²) in [5.74, 6) is 2.17. The number of carbonyl (C=O) groups is 1. The summed E-state index contributed by atoms with van der Waals surface area (Å²) >= 11 is 0. The van der Waals surface area contributed by atoms with Gasteiger partial charge in [0.1, 0.15) is 11.5 Å². The SMILES string of the molecule is Cc1cc(C(=O)NCCC2CCNC2)c(C)o1. The highest BCUT2D eigenvalue weighted by molar-refractivity contribution is 5.95. The molecule has 94 valence electrons. The smallest absolute Gasteiger partial charge is 0.254 e. The minimum absolute atomic E-state index is 0.0229. The number of rotatable bonds is 4. The largest absolute Gasteiger partial charge is 0.466 e. The van der Waals surface area contributed by atoms with Crippen molar-refractivity contribution >= 4 is 5.91 Å². The summed E-state index contributed by atoms with van der Waals surface area (Å²) in [6.45, 7) is 6.62. The lowest BCUT2D eigenvalue weighted by Crippen LogP contribution is -2.26. The number of carbonyl (C=O) groups excluding carboxylic acids is 1. The normalized spacial score (nSPS) is 19.5. The number of amides is 1. The molecule has 0 aromatic carbocycles. The molecule has 0 saturated carbocycles. The van der Waals surface area contributed by atoms with Gasteiger partial charge in [-0.2, -0.15) is 0 Å². The summed E-state index contributed by atoms with van der Waals surface area (Å²) in [6, 6.07) is 1.79. The van der Waals surface area contributed by atoms with Crippen molar-refractivity contribution in [3.05, 3.63) is 23.2 Å². The van der Waals surface area contributed by atoms with Crippen molar-refractivity contribution in [1.82, 2.24) is 10.6 Å². The Kier molecular flexibility index (Phi) is 3.84. The van der Waals surface area contributed by atoms with E-state index in [0.717, 1.165) is 31.8 Å². The van der Waals surface area contributed by atoms with Crippen molar-refractivity contribution in [3.63, 3.8) is 0 Å². The van der Waals surface area contributed by atoms with Gasteiger partial charge in [-0.05, 0) is 51.8 Å². The topological polar surface area (TPSA) is 54.3 Å². The Morgan fingerprint density at radius 2 is 2.41 bits per heavy atom. The number of furan rings is 1. The van der Waals surface area contributed by atoms with E-state index in [9.17, 15) is 4.79 Å². The molecule has 17 heavy (non-hydrogen) atoms. The lowest BCUT2D eigenvalue weighted by molar-refractivity contribution is 0.0950. The molecular weight excluding hydrogens is 216 g/mol. The summed E-state index contributed by atoms with van der Waals surface area (Å²) in [5.41, 5.74) is 0.659. The second-order valence-corrected chi connectivity index (χ2v) is 4.73. The molecule has 0 spiro atoms. The zero-order valence-electron chi connectivity index (χ0n) is 10.5. The molecule has 1 aromatic rings. The van der Waals surface area contributed by atoms with Crippen molar-refractivity contribution in [2.75, 3.05) is 19.6 Å². The predicted octanol–water partition coefficient (Wildman–Crippen LogP) is 1.63. The number of nitrogens with one attached hydrogen (secondary N) is 2. The highest BCUT2D eigenvalue weighted by Gasteiger charge is 2.16. The lowest BCUT2D eigenvalue weighted by Gasteiger charge is -2.08. The van der Waals surface area contributed by atoms with Crippen molar-refractivity contribution in [1.29, 1.82) is 0 Å². The third kappa shape index (κ3) is 3.09. The van der Waals surface area contributed by atoms with Gasteiger partial charge in [-0.15, -0.1) is 0 Å². The maximum atomic E-state index is 11.9. The summed E-state index contributed by atoms with van der Waals surface area (Å²) in [6.07, 6.45) is 2.27. The predicted molar refractivity (Wildman–Crippen MR) is 66.1 cm³/mol. The van der Waals surface area contributed by atoms with Crippen LogP contribution in [0.2, 0.25) is 0 Å².